The fraction of sp³-hybridized carbons (Fsp3) is 0.286. The van der Waals surface area contributed by atoms with Gasteiger partial charge in [-0.3, -0.25) is 4.79 Å². The van der Waals surface area contributed by atoms with Gasteiger partial charge in [-0.05, 0) is 43.3 Å². The summed E-state index contributed by atoms with van der Waals surface area (Å²) in [6, 6.07) is 10.3. The van der Waals surface area contributed by atoms with Crippen molar-refractivity contribution in [3.63, 3.8) is 0 Å². The Labute approximate surface area is 176 Å². The lowest BCUT2D eigenvalue weighted by atomic mass is 10.2. The first-order valence-corrected chi connectivity index (χ1v) is 10.2. The van der Waals surface area contributed by atoms with Gasteiger partial charge >= 0.3 is 5.97 Å². The molecule has 1 aliphatic rings. The van der Waals surface area contributed by atoms with Gasteiger partial charge in [0, 0.05) is 19.2 Å². The number of amides is 1. The van der Waals surface area contributed by atoms with Crippen LogP contribution in [-0.2, 0) is 16.0 Å². The molecule has 1 amide bonds. The highest BCUT2D eigenvalue weighted by Gasteiger charge is 2.17. The largest absolute Gasteiger partial charge is 0.462 e. The molecule has 0 N–H and O–H groups in total. The van der Waals surface area contributed by atoms with Gasteiger partial charge in [0.2, 0.25) is 6.79 Å². The van der Waals surface area contributed by atoms with Crippen LogP contribution in [0.1, 0.15) is 27.6 Å². The zero-order valence-corrected chi connectivity index (χ0v) is 17.4. The van der Waals surface area contributed by atoms with Crippen LogP contribution in [0.25, 0.3) is 10.2 Å². The van der Waals surface area contributed by atoms with Crippen LogP contribution in [0.5, 0.6) is 11.5 Å². The smallest absolute Gasteiger partial charge is 0.338 e. The minimum atomic E-state index is -0.392. The number of fused-ring (bicyclic) bond motifs is 2. The van der Waals surface area contributed by atoms with E-state index in [1.807, 2.05) is 10.6 Å². The molecule has 0 atom stereocenters. The molecule has 0 fully saturated rings. The number of methoxy groups -OCH3 is 1. The predicted octanol–water partition coefficient (Wildman–Crippen LogP) is 3.00. The van der Waals surface area contributed by atoms with E-state index in [9.17, 15) is 9.59 Å². The summed E-state index contributed by atoms with van der Waals surface area (Å²) in [5.41, 5.74) is 1.72. The van der Waals surface area contributed by atoms with Crippen LogP contribution in [0.3, 0.4) is 0 Å². The van der Waals surface area contributed by atoms with Gasteiger partial charge in [0.25, 0.3) is 5.91 Å². The Kier molecular flexibility index (Phi) is 5.82. The summed E-state index contributed by atoms with van der Waals surface area (Å²) in [7, 11) is 1.61. The third-order valence-electron chi connectivity index (χ3n) is 4.53. The van der Waals surface area contributed by atoms with Gasteiger partial charge < -0.3 is 23.5 Å². The minimum Gasteiger partial charge on any atom is -0.462 e. The quantitative estimate of drug-likeness (QED) is 0.561. The Bertz CT molecular complexity index is 1180. The van der Waals surface area contributed by atoms with E-state index in [1.54, 1.807) is 44.4 Å². The molecule has 0 saturated carbocycles. The second kappa shape index (κ2) is 8.68. The summed E-state index contributed by atoms with van der Waals surface area (Å²) in [5, 5.41) is 0. The molecule has 0 bridgehead atoms. The molecule has 156 valence electrons. The average molecular weight is 428 g/mol. The third-order valence-corrected chi connectivity index (χ3v) is 5.57. The lowest BCUT2D eigenvalue weighted by Crippen LogP contribution is -2.19. The van der Waals surface area contributed by atoms with Gasteiger partial charge in [-0.25, -0.2) is 4.79 Å². The number of rotatable bonds is 6. The molecule has 0 spiro atoms. The molecule has 2 aromatic carbocycles. The maximum Gasteiger partial charge on any atom is 0.338 e. The van der Waals surface area contributed by atoms with Crippen molar-refractivity contribution in [2.45, 2.75) is 13.5 Å². The lowest BCUT2D eigenvalue weighted by molar-refractivity contribution is 0.0526. The highest BCUT2D eigenvalue weighted by Crippen LogP contribution is 2.32. The molecule has 0 saturated heterocycles. The Balaban J connectivity index is 1.75. The molecule has 1 aromatic heterocycles. The number of ether oxygens (including phenoxy) is 4. The van der Waals surface area contributed by atoms with E-state index >= 15 is 0 Å². The second-order valence-corrected chi connectivity index (χ2v) is 7.43. The topological polar surface area (TPSA) is 88.4 Å². The molecule has 2 heterocycles. The summed E-state index contributed by atoms with van der Waals surface area (Å²) < 4.78 is 23.6. The van der Waals surface area contributed by atoms with Crippen LogP contribution in [-0.4, -0.2) is 43.6 Å². The Hall–Kier alpha value is -3.17. The molecule has 0 unspecified atom stereocenters. The first kappa shape index (κ1) is 20.1. The van der Waals surface area contributed by atoms with Gasteiger partial charge in [-0.1, -0.05) is 11.3 Å². The first-order valence-electron chi connectivity index (χ1n) is 9.39. The molecule has 1 aliphatic heterocycles. The normalized spacial score (nSPS) is 13.1. The number of aromatic nitrogens is 1. The van der Waals surface area contributed by atoms with Gasteiger partial charge in [0.1, 0.15) is 0 Å². The van der Waals surface area contributed by atoms with E-state index in [4.69, 9.17) is 18.9 Å². The van der Waals surface area contributed by atoms with Gasteiger partial charge in [0.05, 0.1) is 29.0 Å². The monoisotopic (exact) mass is 428 g/mol. The Morgan fingerprint density at radius 2 is 1.93 bits per heavy atom. The van der Waals surface area contributed by atoms with E-state index in [1.165, 1.54) is 11.3 Å². The average Bonchev–Trinajstić information content (AvgIpc) is 3.35. The van der Waals surface area contributed by atoms with Crippen LogP contribution >= 0.6 is 11.3 Å². The third kappa shape index (κ3) is 3.94. The maximum absolute atomic E-state index is 12.8. The van der Waals surface area contributed by atoms with Crippen LogP contribution in [0.15, 0.2) is 41.4 Å². The molecule has 0 radical (unpaired) electrons. The molecule has 8 nitrogen and oxygen atoms in total. The van der Waals surface area contributed by atoms with Crippen molar-refractivity contribution >= 4 is 33.4 Å². The Morgan fingerprint density at radius 1 is 1.13 bits per heavy atom. The minimum absolute atomic E-state index is 0.139. The fourth-order valence-corrected chi connectivity index (χ4v) is 4.17. The van der Waals surface area contributed by atoms with Crippen LogP contribution in [0.4, 0.5) is 0 Å². The molecule has 9 heteroatoms. The fourth-order valence-electron chi connectivity index (χ4n) is 3.08. The number of hydrogen-bond donors (Lipinski definition) is 0. The SMILES string of the molecule is CCOC(=O)c1ccc2c(c1)sc(=NC(=O)c1ccc3c(c1)OCO3)n2CCOC. The van der Waals surface area contributed by atoms with E-state index in [0.29, 0.717) is 47.2 Å². The zero-order valence-electron chi connectivity index (χ0n) is 16.5. The molecule has 30 heavy (non-hydrogen) atoms. The van der Waals surface area contributed by atoms with Gasteiger partial charge in [-0.15, -0.1) is 0 Å². The zero-order chi connectivity index (χ0) is 21.1. The van der Waals surface area contributed by atoms with Crippen molar-refractivity contribution in [2.75, 3.05) is 27.1 Å². The summed E-state index contributed by atoms with van der Waals surface area (Å²) in [6.07, 6.45) is 0. The van der Waals surface area contributed by atoms with Crippen molar-refractivity contribution in [3.05, 3.63) is 52.3 Å². The molecular formula is C21H20N2O6S. The van der Waals surface area contributed by atoms with Crippen molar-refractivity contribution in [1.82, 2.24) is 4.57 Å². The summed E-state index contributed by atoms with van der Waals surface area (Å²) in [5.74, 6) is 0.358. The van der Waals surface area contributed by atoms with E-state index in [-0.39, 0.29) is 12.8 Å². The standard InChI is InChI=1S/C21H20N2O6S/c1-3-27-20(25)14-4-6-15-18(11-14)30-21(23(15)8-9-26-2)22-19(24)13-5-7-16-17(10-13)29-12-28-16/h4-7,10-11H,3,8-9,12H2,1-2H3. The summed E-state index contributed by atoms with van der Waals surface area (Å²) in [6.45, 7) is 3.18. The second-order valence-electron chi connectivity index (χ2n) is 6.42. The van der Waals surface area contributed by atoms with E-state index in [0.717, 1.165) is 10.2 Å². The van der Waals surface area contributed by atoms with E-state index < -0.39 is 5.91 Å². The number of thiazole rings is 1. The van der Waals surface area contributed by atoms with Gasteiger partial charge in [-0.2, -0.15) is 4.99 Å². The number of nitrogens with zero attached hydrogens (tertiary/aromatic N) is 2. The van der Waals surface area contributed by atoms with Crippen molar-refractivity contribution < 1.29 is 28.5 Å². The first-order chi connectivity index (χ1) is 14.6. The highest BCUT2D eigenvalue weighted by atomic mass is 32.1. The van der Waals surface area contributed by atoms with Crippen molar-refractivity contribution in [2.24, 2.45) is 4.99 Å². The van der Waals surface area contributed by atoms with Crippen LogP contribution in [0.2, 0.25) is 0 Å². The number of benzene rings is 2. The lowest BCUT2D eigenvalue weighted by Gasteiger charge is -2.05. The Morgan fingerprint density at radius 3 is 2.73 bits per heavy atom. The number of carbonyl (C=O) groups excluding carboxylic acids is 2. The molecule has 3 aromatic rings. The number of hydrogen-bond acceptors (Lipinski definition) is 7. The van der Waals surface area contributed by atoms with Crippen molar-refractivity contribution in [3.8, 4) is 11.5 Å². The maximum atomic E-state index is 12.8. The van der Waals surface area contributed by atoms with Gasteiger partial charge in [0.15, 0.2) is 16.3 Å². The van der Waals surface area contributed by atoms with Crippen molar-refractivity contribution in [1.29, 1.82) is 0 Å². The molecule has 4 rings (SSSR count). The summed E-state index contributed by atoms with van der Waals surface area (Å²) >= 11 is 1.33. The molecular weight excluding hydrogens is 408 g/mol. The predicted molar refractivity (Wildman–Crippen MR) is 110 cm³/mol. The number of esters is 1. The van der Waals surface area contributed by atoms with Crippen LogP contribution in [0, 0.1) is 0 Å². The number of carbonyl (C=O) groups is 2. The van der Waals surface area contributed by atoms with E-state index in [2.05, 4.69) is 4.99 Å². The summed E-state index contributed by atoms with van der Waals surface area (Å²) in [4.78, 5) is 29.7. The highest BCUT2D eigenvalue weighted by molar-refractivity contribution is 7.16. The van der Waals surface area contributed by atoms with Crippen LogP contribution < -0.4 is 14.3 Å². The molecule has 0 aliphatic carbocycles.